The van der Waals surface area contributed by atoms with Gasteiger partial charge in [0.25, 0.3) is 0 Å². The van der Waals surface area contributed by atoms with Crippen LogP contribution in [0, 0.1) is 0 Å². The van der Waals surface area contributed by atoms with E-state index in [0.29, 0.717) is 22.3 Å². The van der Waals surface area contributed by atoms with Crippen molar-refractivity contribution in [3.8, 4) is 11.5 Å². The summed E-state index contributed by atoms with van der Waals surface area (Å²) in [7, 11) is 3.21. The number of benzene rings is 1. The van der Waals surface area contributed by atoms with Crippen molar-refractivity contribution >= 4 is 11.8 Å². The number of rotatable bonds is 5. The fraction of sp³-hybridized carbons (Fsp3) is 0.571. The molecule has 0 aliphatic heterocycles. The molecule has 0 amide bonds. The van der Waals surface area contributed by atoms with Gasteiger partial charge < -0.3 is 14.6 Å². The Hall–Kier alpha value is -0.870. The summed E-state index contributed by atoms with van der Waals surface area (Å²) < 4.78 is 10.8. The summed E-state index contributed by atoms with van der Waals surface area (Å²) in [6.45, 7) is 7.71. The van der Waals surface area contributed by atoms with Crippen molar-refractivity contribution in [1.29, 1.82) is 0 Å². The summed E-state index contributed by atoms with van der Waals surface area (Å²) in [6.07, 6.45) is 0. The van der Waals surface area contributed by atoms with E-state index in [9.17, 15) is 5.11 Å². The molecular weight excluding hydrogens is 248 g/mol. The van der Waals surface area contributed by atoms with Crippen molar-refractivity contribution < 1.29 is 14.6 Å². The minimum Gasteiger partial charge on any atom is -0.496 e. The Bertz CT molecular complexity index is 383. The van der Waals surface area contributed by atoms with Crippen LogP contribution in [-0.4, -0.2) is 24.6 Å². The molecule has 18 heavy (non-hydrogen) atoms. The Labute approximate surface area is 113 Å². The van der Waals surface area contributed by atoms with E-state index in [0.717, 1.165) is 4.90 Å². The van der Waals surface area contributed by atoms with Crippen LogP contribution in [-0.2, 0) is 5.60 Å². The molecule has 0 saturated heterocycles. The monoisotopic (exact) mass is 270 g/mol. The smallest absolute Gasteiger partial charge is 0.129 e. The zero-order valence-corrected chi connectivity index (χ0v) is 12.7. The van der Waals surface area contributed by atoms with E-state index in [2.05, 4.69) is 13.8 Å². The SMILES string of the molecule is COc1cc(SC(C)C)cc(OC)c1C(C)(C)O. The number of thioether (sulfide) groups is 1. The van der Waals surface area contributed by atoms with E-state index in [1.165, 1.54) is 0 Å². The summed E-state index contributed by atoms with van der Waals surface area (Å²) in [5.74, 6) is 1.31. The highest BCUT2D eigenvalue weighted by atomic mass is 32.2. The molecule has 0 unspecified atom stereocenters. The second kappa shape index (κ2) is 5.85. The topological polar surface area (TPSA) is 38.7 Å². The van der Waals surface area contributed by atoms with E-state index in [1.807, 2.05) is 12.1 Å². The summed E-state index contributed by atoms with van der Waals surface area (Å²) in [6, 6.07) is 3.89. The third-order valence-corrected chi connectivity index (χ3v) is 3.44. The molecule has 0 atom stereocenters. The molecule has 0 radical (unpaired) electrons. The zero-order chi connectivity index (χ0) is 13.9. The largest absolute Gasteiger partial charge is 0.496 e. The zero-order valence-electron chi connectivity index (χ0n) is 11.9. The quantitative estimate of drug-likeness (QED) is 0.832. The van der Waals surface area contributed by atoms with Crippen LogP contribution >= 0.6 is 11.8 Å². The van der Waals surface area contributed by atoms with E-state index in [-0.39, 0.29) is 0 Å². The Kier molecular flexibility index (Phi) is 4.93. The fourth-order valence-corrected chi connectivity index (χ4v) is 2.73. The lowest BCUT2D eigenvalue weighted by atomic mass is 9.96. The van der Waals surface area contributed by atoms with Crippen molar-refractivity contribution in [3.05, 3.63) is 17.7 Å². The molecule has 0 aliphatic rings. The van der Waals surface area contributed by atoms with Gasteiger partial charge in [0.15, 0.2) is 0 Å². The second-order valence-electron chi connectivity index (χ2n) is 4.93. The highest BCUT2D eigenvalue weighted by molar-refractivity contribution is 7.99. The van der Waals surface area contributed by atoms with Crippen molar-refractivity contribution in [2.24, 2.45) is 0 Å². The lowest BCUT2D eigenvalue weighted by Gasteiger charge is -2.24. The Balaban J connectivity index is 3.35. The molecule has 0 heterocycles. The van der Waals surface area contributed by atoms with Gasteiger partial charge in [-0.2, -0.15) is 0 Å². The number of methoxy groups -OCH3 is 2. The van der Waals surface area contributed by atoms with E-state index < -0.39 is 5.60 Å². The van der Waals surface area contributed by atoms with E-state index in [1.54, 1.807) is 39.8 Å². The molecule has 4 heteroatoms. The fourth-order valence-electron chi connectivity index (χ4n) is 1.83. The van der Waals surface area contributed by atoms with Gasteiger partial charge in [-0.3, -0.25) is 0 Å². The highest BCUT2D eigenvalue weighted by Gasteiger charge is 2.26. The Morgan fingerprint density at radius 2 is 1.56 bits per heavy atom. The van der Waals surface area contributed by atoms with Crippen LogP contribution in [0.1, 0.15) is 33.3 Å². The number of aliphatic hydroxyl groups is 1. The first-order chi connectivity index (χ1) is 8.29. The molecule has 0 fully saturated rings. The van der Waals surface area contributed by atoms with Crippen LogP contribution in [0.15, 0.2) is 17.0 Å². The number of hydrogen-bond donors (Lipinski definition) is 1. The molecule has 1 N–H and O–H groups in total. The number of ether oxygens (including phenoxy) is 2. The maximum atomic E-state index is 10.2. The van der Waals surface area contributed by atoms with Gasteiger partial charge in [-0.1, -0.05) is 13.8 Å². The second-order valence-corrected chi connectivity index (χ2v) is 6.58. The van der Waals surface area contributed by atoms with Crippen LogP contribution in [0.25, 0.3) is 0 Å². The molecule has 102 valence electrons. The molecule has 1 aromatic rings. The maximum Gasteiger partial charge on any atom is 0.129 e. The lowest BCUT2D eigenvalue weighted by molar-refractivity contribution is 0.0725. The van der Waals surface area contributed by atoms with Crippen LogP contribution in [0.5, 0.6) is 11.5 Å². The van der Waals surface area contributed by atoms with Gasteiger partial charge in [-0.15, -0.1) is 11.8 Å². The van der Waals surface area contributed by atoms with Crippen LogP contribution in [0.4, 0.5) is 0 Å². The van der Waals surface area contributed by atoms with Crippen LogP contribution in [0.2, 0.25) is 0 Å². The van der Waals surface area contributed by atoms with Crippen molar-refractivity contribution in [1.82, 2.24) is 0 Å². The maximum absolute atomic E-state index is 10.2. The third-order valence-electron chi connectivity index (χ3n) is 2.46. The average molecular weight is 270 g/mol. The van der Waals surface area contributed by atoms with Gasteiger partial charge >= 0.3 is 0 Å². The van der Waals surface area contributed by atoms with Gasteiger partial charge in [0.2, 0.25) is 0 Å². The molecule has 1 aromatic carbocycles. The molecule has 1 rings (SSSR count). The van der Waals surface area contributed by atoms with Gasteiger partial charge in [0.05, 0.1) is 25.4 Å². The van der Waals surface area contributed by atoms with Crippen LogP contribution < -0.4 is 9.47 Å². The van der Waals surface area contributed by atoms with E-state index >= 15 is 0 Å². The molecule has 0 spiro atoms. The molecule has 3 nitrogen and oxygen atoms in total. The Morgan fingerprint density at radius 1 is 1.11 bits per heavy atom. The summed E-state index contributed by atoms with van der Waals surface area (Å²) in [5.41, 5.74) is -0.321. The molecule has 0 saturated carbocycles. The first-order valence-corrected chi connectivity index (χ1v) is 6.83. The van der Waals surface area contributed by atoms with Crippen molar-refractivity contribution in [2.45, 2.75) is 43.4 Å². The Morgan fingerprint density at radius 3 is 1.83 bits per heavy atom. The minimum atomic E-state index is -1.00. The van der Waals surface area contributed by atoms with E-state index in [4.69, 9.17) is 9.47 Å². The van der Waals surface area contributed by atoms with Gasteiger partial charge in [0, 0.05) is 10.1 Å². The normalized spacial score (nSPS) is 11.8. The molecule has 0 aliphatic carbocycles. The lowest BCUT2D eigenvalue weighted by Crippen LogP contribution is -2.18. The minimum absolute atomic E-state index is 0.479. The predicted molar refractivity (Wildman–Crippen MR) is 75.8 cm³/mol. The molecule has 0 aromatic heterocycles. The van der Waals surface area contributed by atoms with Crippen molar-refractivity contribution in [2.75, 3.05) is 14.2 Å². The summed E-state index contributed by atoms with van der Waals surface area (Å²) in [5, 5.41) is 10.7. The molecule has 0 bridgehead atoms. The molecular formula is C14H22O3S. The summed E-state index contributed by atoms with van der Waals surface area (Å²) in [4.78, 5) is 1.08. The first-order valence-electron chi connectivity index (χ1n) is 5.95. The van der Waals surface area contributed by atoms with Gasteiger partial charge in [-0.05, 0) is 26.0 Å². The third kappa shape index (κ3) is 3.56. The number of hydrogen-bond acceptors (Lipinski definition) is 4. The average Bonchev–Trinajstić information content (AvgIpc) is 2.25. The highest BCUT2D eigenvalue weighted by Crippen LogP contribution is 2.41. The first kappa shape index (κ1) is 15.2. The summed E-state index contributed by atoms with van der Waals surface area (Å²) >= 11 is 1.74. The van der Waals surface area contributed by atoms with Gasteiger partial charge in [-0.25, -0.2) is 0 Å². The predicted octanol–water partition coefficient (Wildman–Crippen LogP) is 3.43. The van der Waals surface area contributed by atoms with Crippen LogP contribution in [0.3, 0.4) is 0 Å². The standard InChI is InChI=1S/C14H22O3S/c1-9(2)18-10-7-11(16-5)13(14(3,4)15)12(8-10)17-6/h7-9,15H,1-6H3. The van der Waals surface area contributed by atoms with Gasteiger partial charge in [0.1, 0.15) is 11.5 Å². The van der Waals surface area contributed by atoms with Crippen molar-refractivity contribution in [3.63, 3.8) is 0 Å².